The number of nitrogens with one attached hydrogen (secondary N) is 2. The van der Waals surface area contributed by atoms with E-state index in [0.29, 0.717) is 6.01 Å². The van der Waals surface area contributed by atoms with Gasteiger partial charge in [0.15, 0.2) is 0 Å². The summed E-state index contributed by atoms with van der Waals surface area (Å²) in [5.74, 6) is 0.860. The van der Waals surface area contributed by atoms with Gasteiger partial charge in [-0.15, -0.1) is 0 Å². The van der Waals surface area contributed by atoms with Crippen LogP contribution in [-0.4, -0.2) is 24.6 Å². The molecule has 14 heavy (non-hydrogen) atoms. The van der Waals surface area contributed by atoms with Gasteiger partial charge in [-0.1, -0.05) is 0 Å². The lowest BCUT2D eigenvalue weighted by Gasteiger charge is -2.22. The van der Waals surface area contributed by atoms with Crippen molar-refractivity contribution in [3.63, 3.8) is 0 Å². The largest absolute Gasteiger partial charge is 0.432 e. The Bertz CT molecular complexity index is 242. The second-order valence-corrected chi connectivity index (χ2v) is 3.75. The number of piperidine rings is 1. The van der Waals surface area contributed by atoms with Gasteiger partial charge in [-0.05, 0) is 38.3 Å². The molecule has 0 unspecified atom stereocenters. The molecule has 2 heterocycles. The van der Waals surface area contributed by atoms with Gasteiger partial charge in [0.1, 0.15) is 6.26 Å². The highest BCUT2D eigenvalue weighted by molar-refractivity contribution is 5.16. The third kappa shape index (κ3) is 2.73. The van der Waals surface area contributed by atoms with Crippen molar-refractivity contribution in [3.05, 3.63) is 12.5 Å². The zero-order valence-electron chi connectivity index (χ0n) is 8.33. The molecule has 0 bridgehead atoms. The van der Waals surface area contributed by atoms with Crippen LogP contribution in [0.15, 0.2) is 16.9 Å². The van der Waals surface area contributed by atoms with Crippen molar-refractivity contribution in [2.45, 2.75) is 19.3 Å². The van der Waals surface area contributed by atoms with Gasteiger partial charge >= 0.3 is 0 Å². The number of hydrogen-bond donors (Lipinski definition) is 2. The first-order valence-electron chi connectivity index (χ1n) is 5.29. The molecule has 0 atom stereocenters. The summed E-state index contributed by atoms with van der Waals surface area (Å²) in [6.45, 7) is 3.30. The van der Waals surface area contributed by atoms with Gasteiger partial charge in [0.2, 0.25) is 0 Å². The molecule has 0 radical (unpaired) electrons. The van der Waals surface area contributed by atoms with Crippen molar-refractivity contribution in [1.82, 2.24) is 10.3 Å². The van der Waals surface area contributed by atoms with Crippen LogP contribution in [0.2, 0.25) is 0 Å². The van der Waals surface area contributed by atoms with Gasteiger partial charge in [-0.3, -0.25) is 0 Å². The van der Waals surface area contributed by atoms with E-state index in [2.05, 4.69) is 15.6 Å². The highest BCUT2D eigenvalue weighted by Gasteiger charge is 2.12. The SMILES string of the molecule is c1coc(NCCC2CCNCC2)n1. The predicted molar refractivity (Wildman–Crippen MR) is 55.2 cm³/mol. The first kappa shape index (κ1) is 9.52. The van der Waals surface area contributed by atoms with Crippen molar-refractivity contribution in [3.8, 4) is 0 Å². The summed E-state index contributed by atoms with van der Waals surface area (Å²) in [7, 11) is 0. The molecule has 0 aromatic carbocycles. The molecule has 1 aliphatic rings. The van der Waals surface area contributed by atoms with Gasteiger partial charge < -0.3 is 15.1 Å². The average Bonchev–Trinajstić information content (AvgIpc) is 2.72. The van der Waals surface area contributed by atoms with Crippen molar-refractivity contribution < 1.29 is 4.42 Å². The molecule has 1 aromatic rings. The van der Waals surface area contributed by atoms with E-state index >= 15 is 0 Å². The smallest absolute Gasteiger partial charge is 0.294 e. The topological polar surface area (TPSA) is 50.1 Å². The van der Waals surface area contributed by atoms with Crippen LogP contribution in [0.1, 0.15) is 19.3 Å². The standard InChI is InChI=1S/C10H17N3O/c1-4-11-5-2-9(1)3-6-12-10-13-7-8-14-10/h7-9,11H,1-6H2,(H,12,13). The molecule has 0 amide bonds. The molecule has 4 nitrogen and oxygen atoms in total. The van der Waals surface area contributed by atoms with Gasteiger partial charge in [0, 0.05) is 6.54 Å². The maximum absolute atomic E-state index is 5.09. The van der Waals surface area contributed by atoms with Gasteiger partial charge in [0.25, 0.3) is 6.01 Å². The minimum atomic E-state index is 0.638. The third-order valence-electron chi connectivity index (χ3n) is 2.72. The van der Waals surface area contributed by atoms with E-state index in [1.165, 1.54) is 32.4 Å². The Morgan fingerprint density at radius 2 is 2.36 bits per heavy atom. The molecule has 2 rings (SSSR count). The van der Waals surface area contributed by atoms with Crippen molar-refractivity contribution in [2.75, 3.05) is 25.0 Å². The summed E-state index contributed by atoms with van der Waals surface area (Å²) >= 11 is 0. The van der Waals surface area contributed by atoms with Crippen molar-refractivity contribution in [2.24, 2.45) is 5.92 Å². The molecular formula is C10H17N3O. The number of nitrogens with zero attached hydrogens (tertiary/aromatic N) is 1. The van der Waals surface area contributed by atoms with Crippen LogP contribution in [0.25, 0.3) is 0 Å². The molecule has 78 valence electrons. The number of aromatic nitrogens is 1. The summed E-state index contributed by atoms with van der Waals surface area (Å²) in [6, 6.07) is 0.638. The third-order valence-corrected chi connectivity index (χ3v) is 2.72. The fourth-order valence-electron chi connectivity index (χ4n) is 1.86. The average molecular weight is 195 g/mol. The summed E-state index contributed by atoms with van der Waals surface area (Å²) in [5.41, 5.74) is 0. The summed E-state index contributed by atoms with van der Waals surface area (Å²) < 4.78 is 5.09. The summed E-state index contributed by atoms with van der Waals surface area (Å²) in [6.07, 6.45) is 7.06. The predicted octanol–water partition coefficient (Wildman–Crippen LogP) is 1.48. The Morgan fingerprint density at radius 3 is 3.07 bits per heavy atom. The van der Waals surface area contributed by atoms with E-state index in [1.54, 1.807) is 12.5 Å². The first-order valence-corrected chi connectivity index (χ1v) is 5.29. The molecule has 1 aliphatic heterocycles. The van der Waals surface area contributed by atoms with E-state index in [9.17, 15) is 0 Å². The van der Waals surface area contributed by atoms with Crippen LogP contribution in [0.3, 0.4) is 0 Å². The van der Waals surface area contributed by atoms with Crippen LogP contribution in [-0.2, 0) is 0 Å². The van der Waals surface area contributed by atoms with Crippen LogP contribution in [0.4, 0.5) is 6.01 Å². The van der Waals surface area contributed by atoms with Gasteiger partial charge in [0.05, 0.1) is 6.20 Å². The van der Waals surface area contributed by atoms with E-state index in [0.717, 1.165) is 12.5 Å². The molecular weight excluding hydrogens is 178 g/mol. The Labute approximate surface area is 84.1 Å². The van der Waals surface area contributed by atoms with Crippen LogP contribution < -0.4 is 10.6 Å². The Hall–Kier alpha value is -1.03. The van der Waals surface area contributed by atoms with E-state index in [1.807, 2.05) is 0 Å². The fraction of sp³-hybridized carbons (Fsp3) is 0.700. The minimum Gasteiger partial charge on any atom is -0.432 e. The first-order chi connectivity index (χ1) is 6.95. The van der Waals surface area contributed by atoms with Gasteiger partial charge in [-0.2, -0.15) is 0 Å². The van der Waals surface area contributed by atoms with Crippen LogP contribution in [0.5, 0.6) is 0 Å². The summed E-state index contributed by atoms with van der Waals surface area (Å²) in [4.78, 5) is 4.01. The van der Waals surface area contributed by atoms with Crippen LogP contribution in [0, 0.1) is 5.92 Å². The maximum Gasteiger partial charge on any atom is 0.294 e. The normalized spacial score (nSPS) is 18.3. The fourth-order valence-corrected chi connectivity index (χ4v) is 1.86. The lowest BCUT2D eigenvalue weighted by atomic mass is 9.95. The maximum atomic E-state index is 5.09. The Morgan fingerprint density at radius 1 is 1.50 bits per heavy atom. The molecule has 2 N–H and O–H groups in total. The zero-order chi connectivity index (χ0) is 9.64. The Balaban J connectivity index is 1.62. The Kier molecular flexibility index (Phi) is 3.40. The van der Waals surface area contributed by atoms with E-state index < -0.39 is 0 Å². The highest BCUT2D eigenvalue weighted by Crippen LogP contribution is 2.15. The van der Waals surface area contributed by atoms with E-state index in [-0.39, 0.29) is 0 Å². The van der Waals surface area contributed by atoms with Gasteiger partial charge in [-0.25, -0.2) is 4.98 Å². The number of hydrogen-bond acceptors (Lipinski definition) is 4. The van der Waals surface area contributed by atoms with E-state index in [4.69, 9.17) is 4.42 Å². The second-order valence-electron chi connectivity index (χ2n) is 3.75. The lowest BCUT2D eigenvalue weighted by molar-refractivity contribution is 0.360. The molecule has 0 saturated carbocycles. The monoisotopic (exact) mass is 195 g/mol. The summed E-state index contributed by atoms with van der Waals surface area (Å²) in [5, 5.41) is 6.54. The molecule has 1 saturated heterocycles. The number of oxazole rings is 1. The zero-order valence-corrected chi connectivity index (χ0v) is 8.33. The lowest BCUT2D eigenvalue weighted by Crippen LogP contribution is -2.28. The molecule has 1 aromatic heterocycles. The number of anilines is 1. The molecule has 4 heteroatoms. The van der Waals surface area contributed by atoms with Crippen molar-refractivity contribution in [1.29, 1.82) is 0 Å². The second kappa shape index (κ2) is 5.00. The number of rotatable bonds is 4. The minimum absolute atomic E-state index is 0.638. The van der Waals surface area contributed by atoms with Crippen LogP contribution >= 0.6 is 0 Å². The molecule has 0 spiro atoms. The molecule has 1 fully saturated rings. The molecule has 0 aliphatic carbocycles. The van der Waals surface area contributed by atoms with Crippen molar-refractivity contribution >= 4 is 6.01 Å². The highest BCUT2D eigenvalue weighted by atomic mass is 16.4. The quantitative estimate of drug-likeness (QED) is 0.764.